The lowest BCUT2D eigenvalue weighted by atomic mass is 10.2. The zero-order valence-electron chi connectivity index (χ0n) is 9.49. The molecule has 0 fully saturated rings. The molecule has 0 saturated heterocycles. The minimum Gasteiger partial charge on any atom is -0.301 e. The van der Waals surface area contributed by atoms with Crippen LogP contribution in [-0.4, -0.2) is 19.9 Å². The summed E-state index contributed by atoms with van der Waals surface area (Å²) in [5.41, 5.74) is -1.97. The van der Waals surface area contributed by atoms with Gasteiger partial charge in [0.1, 0.15) is 5.69 Å². The van der Waals surface area contributed by atoms with Crippen LogP contribution in [0.15, 0.2) is 34.1 Å². The zero-order chi connectivity index (χ0) is 13.8. The molecular formula is C11H8N4O4. The lowest BCUT2D eigenvalue weighted by molar-refractivity contribution is -0.386. The van der Waals surface area contributed by atoms with Gasteiger partial charge in [-0.3, -0.25) is 24.9 Å². The van der Waals surface area contributed by atoms with Gasteiger partial charge in [0.05, 0.1) is 4.92 Å². The fourth-order valence-electron chi connectivity index (χ4n) is 1.45. The van der Waals surface area contributed by atoms with Crippen LogP contribution in [0.25, 0.3) is 12.2 Å². The third-order valence-electron chi connectivity index (χ3n) is 2.28. The number of nitro groups is 1. The van der Waals surface area contributed by atoms with Crippen molar-refractivity contribution in [3.63, 3.8) is 0 Å². The molecule has 8 heteroatoms. The van der Waals surface area contributed by atoms with E-state index in [2.05, 4.69) is 9.97 Å². The zero-order valence-corrected chi connectivity index (χ0v) is 9.49. The molecule has 0 aliphatic heterocycles. The highest BCUT2D eigenvalue weighted by molar-refractivity contribution is 5.71. The molecule has 0 aromatic carbocycles. The van der Waals surface area contributed by atoms with E-state index in [9.17, 15) is 19.7 Å². The number of aromatic nitrogens is 3. The Morgan fingerprint density at radius 2 is 1.84 bits per heavy atom. The molecule has 96 valence electrons. The number of nitrogens with zero attached hydrogens (tertiary/aromatic N) is 2. The molecule has 2 N–H and O–H groups in total. The summed E-state index contributed by atoms with van der Waals surface area (Å²) >= 11 is 0. The number of H-pyrrole nitrogens is 2. The SMILES string of the molecule is O=c1[nH]c(/C=C\c2ccncc2)c([N+](=O)[O-])c(=O)[nH]1. The maximum atomic E-state index is 11.4. The molecule has 8 nitrogen and oxygen atoms in total. The Bertz CT molecular complexity index is 745. The van der Waals surface area contributed by atoms with Gasteiger partial charge in [0.15, 0.2) is 0 Å². The second-order valence-electron chi connectivity index (χ2n) is 3.54. The third-order valence-corrected chi connectivity index (χ3v) is 2.28. The summed E-state index contributed by atoms with van der Waals surface area (Å²) in [7, 11) is 0. The second-order valence-corrected chi connectivity index (χ2v) is 3.54. The first kappa shape index (κ1) is 12.4. The van der Waals surface area contributed by atoms with Crippen molar-refractivity contribution in [2.45, 2.75) is 0 Å². The van der Waals surface area contributed by atoms with E-state index in [-0.39, 0.29) is 5.69 Å². The van der Waals surface area contributed by atoms with Crippen molar-refractivity contribution in [3.8, 4) is 0 Å². The van der Waals surface area contributed by atoms with Crippen LogP contribution in [0.1, 0.15) is 11.3 Å². The predicted molar refractivity (Wildman–Crippen MR) is 67.5 cm³/mol. The topological polar surface area (TPSA) is 122 Å². The largest absolute Gasteiger partial charge is 0.357 e. The van der Waals surface area contributed by atoms with Crippen molar-refractivity contribution in [2.24, 2.45) is 0 Å². The van der Waals surface area contributed by atoms with Gasteiger partial charge in [-0.05, 0) is 23.8 Å². The number of nitrogens with one attached hydrogen (secondary N) is 2. The molecule has 0 aliphatic carbocycles. The van der Waals surface area contributed by atoms with Crippen LogP contribution in [0.3, 0.4) is 0 Å². The van der Waals surface area contributed by atoms with E-state index in [0.717, 1.165) is 5.56 Å². The van der Waals surface area contributed by atoms with Gasteiger partial charge in [0.25, 0.3) is 0 Å². The normalized spacial score (nSPS) is 10.7. The average Bonchev–Trinajstić information content (AvgIpc) is 2.36. The van der Waals surface area contributed by atoms with Gasteiger partial charge in [-0.25, -0.2) is 4.79 Å². The number of hydrogen-bond donors (Lipinski definition) is 2. The first-order chi connectivity index (χ1) is 9.08. The molecule has 0 spiro atoms. The van der Waals surface area contributed by atoms with E-state index in [4.69, 9.17) is 0 Å². The smallest absolute Gasteiger partial charge is 0.301 e. The van der Waals surface area contributed by atoms with Crippen LogP contribution in [-0.2, 0) is 0 Å². The molecule has 0 bridgehead atoms. The first-order valence-corrected chi connectivity index (χ1v) is 5.17. The van der Waals surface area contributed by atoms with Gasteiger partial charge in [0, 0.05) is 12.4 Å². The van der Waals surface area contributed by atoms with Crippen molar-refractivity contribution >= 4 is 17.8 Å². The van der Waals surface area contributed by atoms with Gasteiger partial charge in [-0.1, -0.05) is 6.08 Å². The fraction of sp³-hybridized carbons (Fsp3) is 0. The molecule has 2 heterocycles. The Labute approximate surface area is 105 Å². The lowest BCUT2D eigenvalue weighted by Gasteiger charge is -1.96. The standard InChI is InChI=1S/C11H8N4O4/c16-10-9(15(18)19)8(13-11(17)14-10)2-1-7-3-5-12-6-4-7/h1-6H,(H2,13,14,16,17)/b2-1-. The Morgan fingerprint density at radius 1 is 1.16 bits per heavy atom. The van der Waals surface area contributed by atoms with E-state index >= 15 is 0 Å². The van der Waals surface area contributed by atoms with Gasteiger partial charge in [-0.2, -0.15) is 0 Å². The third kappa shape index (κ3) is 2.80. The molecule has 0 aliphatic rings. The average molecular weight is 260 g/mol. The van der Waals surface area contributed by atoms with Crippen molar-refractivity contribution in [1.29, 1.82) is 0 Å². The minimum absolute atomic E-state index is 0.157. The molecule has 0 saturated carbocycles. The first-order valence-electron chi connectivity index (χ1n) is 5.17. The van der Waals surface area contributed by atoms with Gasteiger partial charge in [0.2, 0.25) is 0 Å². The van der Waals surface area contributed by atoms with Crippen molar-refractivity contribution in [2.75, 3.05) is 0 Å². The second kappa shape index (κ2) is 5.08. The highest BCUT2D eigenvalue weighted by Crippen LogP contribution is 2.11. The van der Waals surface area contributed by atoms with E-state index < -0.39 is 21.9 Å². The number of rotatable bonds is 3. The summed E-state index contributed by atoms with van der Waals surface area (Å²) < 4.78 is 0. The minimum atomic E-state index is -1.04. The fourth-order valence-corrected chi connectivity index (χ4v) is 1.45. The van der Waals surface area contributed by atoms with Gasteiger partial charge >= 0.3 is 16.9 Å². The van der Waals surface area contributed by atoms with Crippen LogP contribution < -0.4 is 11.2 Å². The summed E-state index contributed by atoms with van der Waals surface area (Å²) in [4.78, 5) is 40.2. The van der Waals surface area contributed by atoms with Crippen LogP contribution in [0.4, 0.5) is 5.69 Å². The van der Waals surface area contributed by atoms with Crippen molar-refractivity contribution < 1.29 is 4.92 Å². The van der Waals surface area contributed by atoms with E-state index in [1.807, 2.05) is 0 Å². The number of hydrogen-bond acceptors (Lipinski definition) is 5. The Hall–Kier alpha value is -3.03. The molecular weight excluding hydrogens is 252 g/mol. The Morgan fingerprint density at radius 3 is 2.47 bits per heavy atom. The van der Waals surface area contributed by atoms with E-state index in [1.54, 1.807) is 29.5 Å². The molecule has 19 heavy (non-hydrogen) atoms. The van der Waals surface area contributed by atoms with E-state index in [0.29, 0.717) is 0 Å². The summed E-state index contributed by atoms with van der Waals surface area (Å²) in [6, 6.07) is 3.35. The van der Waals surface area contributed by atoms with Gasteiger partial charge < -0.3 is 4.98 Å². The van der Waals surface area contributed by atoms with Gasteiger partial charge in [-0.15, -0.1) is 0 Å². The quantitative estimate of drug-likeness (QED) is 0.616. The maximum Gasteiger partial charge on any atom is 0.357 e. The molecule has 0 atom stereocenters. The highest BCUT2D eigenvalue weighted by atomic mass is 16.6. The van der Waals surface area contributed by atoms with Crippen LogP contribution in [0, 0.1) is 10.1 Å². The predicted octanol–water partition coefficient (Wildman–Crippen LogP) is 0.537. The molecule has 2 rings (SSSR count). The highest BCUT2D eigenvalue weighted by Gasteiger charge is 2.18. The van der Waals surface area contributed by atoms with Crippen molar-refractivity contribution in [3.05, 3.63) is 66.7 Å². The monoisotopic (exact) mass is 260 g/mol. The Balaban J connectivity index is 2.51. The summed E-state index contributed by atoms with van der Waals surface area (Å²) in [5, 5.41) is 10.8. The maximum absolute atomic E-state index is 11.4. The number of pyridine rings is 1. The van der Waals surface area contributed by atoms with Crippen LogP contribution in [0.2, 0.25) is 0 Å². The van der Waals surface area contributed by atoms with Crippen LogP contribution >= 0.6 is 0 Å². The van der Waals surface area contributed by atoms with Crippen LogP contribution in [0.5, 0.6) is 0 Å². The Kier molecular flexibility index (Phi) is 3.33. The summed E-state index contributed by atoms with van der Waals surface area (Å²) in [6.45, 7) is 0. The molecule has 0 amide bonds. The summed E-state index contributed by atoms with van der Waals surface area (Å²) in [5.74, 6) is 0. The lowest BCUT2D eigenvalue weighted by Crippen LogP contribution is -2.25. The van der Waals surface area contributed by atoms with E-state index in [1.165, 1.54) is 12.2 Å². The molecule has 2 aromatic rings. The number of aromatic amines is 2. The molecule has 2 aromatic heterocycles. The molecule has 0 unspecified atom stereocenters. The van der Waals surface area contributed by atoms with Crippen molar-refractivity contribution in [1.82, 2.24) is 15.0 Å². The molecule has 0 radical (unpaired) electrons. The summed E-state index contributed by atoms with van der Waals surface area (Å²) in [6.07, 6.45) is 5.92.